The number of nitrogens with zero attached hydrogens (tertiary/aromatic N) is 1. The number of H-pyrrole nitrogens is 1. The van der Waals surface area contributed by atoms with Crippen molar-refractivity contribution >= 4 is 10.2 Å². The molecule has 1 aromatic rings. The van der Waals surface area contributed by atoms with Crippen LogP contribution >= 0.6 is 0 Å². The molecule has 0 radical (unpaired) electrons. The van der Waals surface area contributed by atoms with Crippen molar-refractivity contribution in [3.05, 3.63) is 24.0 Å². The Morgan fingerprint density at radius 1 is 1.50 bits per heavy atom. The number of aromatic amines is 1. The van der Waals surface area contributed by atoms with Crippen LogP contribution in [0.3, 0.4) is 0 Å². The second-order valence-corrected chi connectivity index (χ2v) is 6.46. The molecular formula is C10H17N3O2S. The number of aromatic nitrogens is 1. The van der Waals surface area contributed by atoms with Gasteiger partial charge in [0, 0.05) is 37.4 Å². The van der Waals surface area contributed by atoms with E-state index in [1.165, 1.54) is 4.31 Å². The summed E-state index contributed by atoms with van der Waals surface area (Å²) in [5.41, 5.74) is 0.893. The van der Waals surface area contributed by atoms with E-state index in [1.807, 2.05) is 32.3 Å². The van der Waals surface area contributed by atoms with Crippen molar-refractivity contribution in [3.8, 4) is 0 Å². The van der Waals surface area contributed by atoms with Gasteiger partial charge in [-0.05, 0) is 11.6 Å². The van der Waals surface area contributed by atoms with Crippen LogP contribution in [0.15, 0.2) is 18.5 Å². The van der Waals surface area contributed by atoms with Gasteiger partial charge in [0.1, 0.15) is 0 Å². The van der Waals surface area contributed by atoms with Gasteiger partial charge >= 0.3 is 0 Å². The fraction of sp³-hybridized carbons (Fsp3) is 0.600. The Morgan fingerprint density at radius 2 is 2.19 bits per heavy atom. The van der Waals surface area contributed by atoms with Crippen LogP contribution in [0.4, 0.5) is 0 Å². The van der Waals surface area contributed by atoms with Gasteiger partial charge in [0.2, 0.25) is 0 Å². The third-order valence-corrected chi connectivity index (χ3v) is 4.38. The second-order valence-electron chi connectivity index (χ2n) is 4.71. The third kappa shape index (κ3) is 2.45. The van der Waals surface area contributed by atoms with E-state index in [2.05, 4.69) is 9.71 Å². The molecule has 0 unspecified atom stereocenters. The topological polar surface area (TPSA) is 65.0 Å². The summed E-state index contributed by atoms with van der Waals surface area (Å²) in [6.45, 7) is 5.71. The van der Waals surface area contributed by atoms with E-state index in [4.69, 9.17) is 0 Å². The molecule has 2 rings (SSSR count). The van der Waals surface area contributed by atoms with Crippen LogP contribution in [0.2, 0.25) is 0 Å². The van der Waals surface area contributed by atoms with Gasteiger partial charge in [-0.15, -0.1) is 0 Å². The first kappa shape index (κ1) is 11.6. The normalized spacial score (nSPS) is 17.6. The maximum Gasteiger partial charge on any atom is 0.279 e. The van der Waals surface area contributed by atoms with Gasteiger partial charge in [0.15, 0.2) is 0 Å². The Kier molecular flexibility index (Phi) is 2.81. The molecule has 6 heteroatoms. The van der Waals surface area contributed by atoms with Crippen molar-refractivity contribution in [2.45, 2.75) is 19.3 Å². The Labute approximate surface area is 96.0 Å². The van der Waals surface area contributed by atoms with E-state index in [-0.39, 0.29) is 5.41 Å². The number of nitrogens with one attached hydrogen (secondary N) is 2. The zero-order chi connectivity index (χ0) is 11.8. The SMILES string of the molecule is CC(C)(CNS(=O)(=O)N1CC1)c1cc[nH]c1. The first-order chi connectivity index (χ1) is 7.42. The average molecular weight is 243 g/mol. The predicted octanol–water partition coefficient (Wildman–Crippen LogP) is 0.442. The lowest BCUT2D eigenvalue weighted by Crippen LogP contribution is -2.39. The second kappa shape index (κ2) is 3.87. The van der Waals surface area contributed by atoms with Crippen molar-refractivity contribution in [1.29, 1.82) is 0 Å². The molecule has 1 aliphatic heterocycles. The first-order valence-electron chi connectivity index (χ1n) is 5.30. The molecule has 0 atom stereocenters. The molecule has 1 fully saturated rings. The molecule has 90 valence electrons. The Hall–Kier alpha value is -0.850. The minimum atomic E-state index is -3.24. The standard InChI is InChI=1S/C10H17N3O2S/c1-10(2,9-3-4-11-7-9)8-12-16(14,15)13-5-6-13/h3-4,7,11-12H,5-6,8H2,1-2H3. The minimum absolute atomic E-state index is 0.205. The van der Waals surface area contributed by atoms with Crippen LogP contribution < -0.4 is 4.72 Å². The molecule has 1 saturated heterocycles. The predicted molar refractivity (Wildman–Crippen MR) is 62.3 cm³/mol. The lowest BCUT2D eigenvalue weighted by atomic mass is 9.87. The molecule has 2 heterocycles. The third-order valence-electron chi connectivity index (χ3n) is 2.82. The molecule has 16 heavy (non-hydrogen) atoms. The molecule has 5 nitrogen and oxygen atoms in total. The quantitative estimate of drug-likeness (QED) is 0.737. The number of rotatable bonds is 5. The lowest BCUT2D eigenvalue weighted by molar-refractivity contribution is 0.489. The maximum absolute atomic E-state index is 11.6. The van der Waals surface area contributed by atoms with Crippen molar-refractivity contribution in [2.75, 3.05) is 19.6 Å². The van der Waals surface area contributed by atoms with E-state index in [0.29, 0.717) is 19.6 Å². The highest BCUT2D eigenvalue weighted by Gasteiger charge is 2.33. The fourth-order valence-electron chi connectivity index (χ4n) is 1.49. The highest BCUT2D eigenvalue weighted by atomic mass is 32.2. The lowest BCUT2D eigenvalue weighted by Gasteiger charge is -2.24. The molecule has 0 bridgehead atoms. The van der Waals surface area contributed by atoms with E-state index < -0.39 is 10.2 Å². The van der Waals surface area contributed by atoms with Crippen LogP contribution in [0.5, 0.6) is 0 Å². The zero-order valence-electron chi connectivity index (χ0n) is 9.53. The summed E-state index contributed by atoms with van der Waals surface area (Å²) in [4.78, 5) is 2.98. The molecular weight excluding hydrogens is 226 g/mol. The monoisotopic (exact) mass is 243 g/mol. The summed E-state index contributed by atoms with van der Waals surface area (Å²) in [6, 6.07) is 1.96. The number of hydrogen-bond donors (Lipinski definition) is 2. The summed E-state index contributed by atoms with van der Waals surface area (Å²) >= 11 is 0. The van der Waals surface area contributed by atoms with Gasteiger partial charge in [0.25, 0.3) is 10.2 Å². The molecule has 1 aromatic heterocycles. The van der Waals surface area contributed by atoms with E-state index >= 15 is 0 Å². The van der Waals surface area contributed by atoms with Crippen molar-refractivity contribution in [3.63, 3.8) is 0 Å². The zero-order valence-corrected chi connectivity index (χ0v) is 10.3. The first-order valence-corrected chi connectivity index (χ1v) is 6.74. The van der Waals surface area contributed by atoms with Crippen molar-refractivity contribution in [2.24, 2.45) is 0 Å². The van der Waals surface area contributed by atoms with Crippen molar-refractivity contribution < 1.29 is 8.42 Å². The molecule has 0 aromatic carbocycles. The molecule has 0 aliphatic carbocycles. The van der Waals surface area contributed by atoms with Crippen LogP contribution in [-0.2, 0) is 15.6 Å². The minimum Gasteiger partial charge on any atom is -0.367 e. The summed E-state index contributed by atoms with van der Waals surface area (Å²) in [5.74, 6) is 0. The summed E-state index contributed by atoms with van der Waals surface area (Å²) in [6.07, 6.45) is 3.74. The average Bonchev–Trinajstić information content (AvgIpc) is 2.92. The molecule has 2 N–H and O–H groups in total. The van der Waals surface area contributed by atoms with Crippen LogP contribution in [0.25, 0.3) is 0 Å². The van der Waals surface area contributed by atoms with Crippen molar-refractivity contribution in [1.82, 2.24) is 14.0 Å². The van der Waals surface area contributed by atoms with Gasteiger partial charge in [-0.1, -0.05) is 13.8 Å². The van der Waals surface area contributed by atoms with Gasteiger partial charge in [-0.25, -0.2) is 4.72 Å². The van der Waals surface area contributed by atoms with Gasteiger partial charge in [-0.3, -0.25) is 0 Å². The number of hydrogen-bond acceptors (Lipinski definition) is 2. The van der Waals surface area contributed by atoms with Crippen LogP contribution in [-0.4, -0.2) is 37.3 Å². The summed E-state index contributed by atoms with van der Waals surface area (Å²) in [7, 11) is -3.24. The summed E-state index contributed by atoms with van der Waals surface area (Å²) < 4.78 is 27.3. The van der Waals surface area contributed by atoms with Gasteiger partial charge in [0.05, 0.1) is 0 Å². The smallest absolute Gasteiger partial charge is 0.279 e. The van der Waals surface area contributed by atoms with Gasteiger partial charge in [-0.2, -0.15) is 12.7 Å². The highest BCUT2D eigenvalue weighted by molar-refractivity contribution is 7.87. The maximum atomic E-state index is 11.6. The largest absolute Gasteiger partial charge is 0.367 e. The van der Waals surface area contributed by atoms with E-state index in [9.17, 15) is 8.42 Å². The highest BCUT2D eigenvalue weighted by Crippen LogP contribution is 2.22. The van der Waals surface area contributed by atoms with E-state index in [0.717, 1.165) is 5.56 Å². The summed E-state index contributed by atoms with van der Waals surface area (Å²) in [5, 5.41) is 0. The molecule has 0 saturated carbocycles. The Bertz CT molecular complexity index is 446. The van der Waals surface area contributed by atoms with Crippen LogP contribution in [0, 0.1) is 0 Å². The van der Waals surface area contributed by atoms with Crippen LogP contribution in [0.1, 0.15) is 19.4 Å². The Balaban J connectivity index is 1.99. The molecule has 0 spiro atoms. The fourth-order valence-corrected chi connectivity index (χ4v) is 2.78. The molecule has 1 aliphatic rings. The van der Waals surface area contributed by atoms with E-state index in [1.54, 1.807) is 0 Å². The molecule has 0 amide bonds. The van der Waals surface area contributed by atoms with Gasteiger partial charge < -0.3 is 4.98 Å². The Morgan fingerprint density at radius 3 is 2.69 bits per heavy atom.